The Morgan fingerprint density at radius 2 is 1.83 bits per heavy atom. The van der Waals surface area contributed by atoms with Crippen molar-refractivity contribution in [2.45, 2.75) is 50.4 Å². The zero-order chi connectivity index (χ0) is 27.2. The number of H-pyrrole nitrogens is 1. The van der Waals surface area contributed by atoms with E-state index in [9.17, 15) is 31.5 Å². The maximum absolute atomic E-state index is 13.6. The van der Waals surface area contributed by atoms with Gasteiger partial charge in [-0.1, -0.05) is 13.8 Å². The summed E-state index contributed by atoms with van der Waals surface area (Å²) in [6.07, 6.45) is -2.98. The lowest BCUT2D eigenvalue weighted by Gasteiger charge is -2.24. The minimum Gasteiger partial charge on any atom is -0.465 e. The van der Waals surface area contributed by atoms with Crippen LogP contribution in [0, 0.1) is 5.92 Å². The Bertz CT molecular complexity index is 1410. The molecule has 196 valence electrons. The zero-order valence-electron chi connectivity index (χ0n) is 20.4. The van der Waals surface area contributed by atoms with Crippen molar-refractivity contribution in [3.8, 4) is 0 Å². The number of ether oxygens (including phenoxy) is 1. The molecule has 3 N–H and O–H groups in total. The average Bonchev–Trinajstić information content (AvgIpc) is 3.16. The lowest BCUT2D eigenvalue weighted by atomic mass is 9.98. The quantitative estimate of drug-likeness (QED) is 0.391. The molecule has 0 unspecified atom stereocenters. The number of methoxy groups -OCH3 is 1. The first-order chi connectivity index (χ1) is 16.4. The smallest absolute Gasteiger partial charge is 0.433 e. The van der Waals surface area contributed by atoms with Crippen molar-refractivity contribution in [1.82, 2.24) is 19.9 Å². The first kappa shape index (κ1) is 27.3. The third-order valence-electron chi connectivity index (χ3n) is 5.37. The summed E-state index contributed by atoms with van der Waals surface area (Å²) < 4.78 is 70.1. The normalized spacial score (nSPS) is 13.8. The molecule has 0 bridgehead atoms. The number of anilines is 1. The van der Waals surface area contributed by atoms with Crippen LogP contribution < -0.4 is 5.32 Å². The van der Waals surface area contributed by atoms with Gasteiger partial charge in [0.2, 0.25) is 5.95 Å². The maximum atomic E-state index is 13.6. The van der Waals surface area contributed by atoms with Gasteiger partial charge in [0.1, 0.15) is 5.82 Å². The summed E-state index contributed by atoms with van der Waals surface area (Å²) >= 11 is 0. The van der Waals surface area contributed by atoms with Crippen LogP contribution in [0.3, 0.4) is 0 Å². The van der Waals surface area contributed by atoms with Gasteiger partial charge in [-0.05, 0) is 31.9 Å². The molecule has 3 aromatic rings. The molecule has 0 aliphatic carbocycles. The Kier molecular flexibility index (Phi) is 7.07. The monoisotopic (exact) mass is 529 g/mol. The zero-order valence-corrected chi connectivity index (χ0v) is 21.2. The van der Waals surface area contributed by atoms with E-state index in [4.69, 9.17) is 0 Å². The number of aromatic amines is 1. The first-order valence-corrected chi connectivity index (χ1v) is 12.6. The SMILES string of the molecule is COC(=O)c1cc2nc([C@H](Nc3ncc(C(C)(C)O)c(C(F)(F)F)n3)C(C)C)[nH]c2cc1S(C)(=O)=O. The van der Waals surface area contributed by atoms with Gasteiger partial charge >= 0.3 is 12.1 Å². The van der Waals surface area contributed by atoms with Crippen molar-refractivity contribution in [1.29, 1.82) is 0 Å². The van der Waals surface area contributed by atoms with E-state index in [2.05, 4.69) is 30.0 Å². The van der Waals surface area contributed by atoms with E-state index < -0.39 is 44.9 Å². The summed E-state index contributed by atoms with van der Waals surface area (Å²) in [5.74, 6) is -1.20. The summed E-state index contributed by atoms with van der Waals surface area (Å²) in [6, 6.07) is 1.79. The van der Waals surface area contributed by atoms with E-state index in [1.807, 2.05) is 0 Å². The van der Waals surface area contributed by atoms with Crippen LogP contribution in [0.1, 0.15) is 61.2 Å². The fraction of sp³-hybridized carbons (Fsp3) is 0.455. The van der Waals surface area contributed by atoms with Crippen LogP contribution in [0.4, 0.5) is 19.1 Å². The molecule has 0 saturated heterocycles. The van der Waals surface area contributed by atoms with Gasteiger partial charge in [-0.3, -0.25) is 0 Å². The molecule has 14 heteroatoms. The first-order valence-electron chi connectivity index (χ1n) is 10.7. The Balaban J connectivity index is 2.10. The van der Waals surface area contributed by atoms with Crippen LogP contribution in [0.15, 0.2) is 23.2 Å². The van der Waals surface area contributed by atoms with E-state index in [0.717, 1.165) is 19.6 Å². The van der Waals surface area contributed by atoms with Crippen molar-refractivity contribution >= 4 is 32.8 Å². The lowest BCUT2D eigenvalue weighted by molar-refractivity contribution is -0.144. The number of nitrogens with zero attached hydrogens (tertiary/aromatic N) is 3. The molecule has 0 fully saturated rings. The number of hydrogen-bond acceptors (Lipinski definition) is 9. The lowest BCUT2D eigenvalue weighted by Crippen LogP contribution is -2.26. The van der Waals surface area contributed by atoms with Crippen LogP contribution >= 0.6 is 0 Å². The number of nitrogens with one attached hydrogen (secondary N) is 2. The van der Waals surface area contributed by atoms with Gasteiger partial charge in [-0.2, -0.15) is 13.2 Å². The Hall–Kier alpha value is -3.26. The van der Waals surface area contributed by atoms with Gasteiger partial charge in [-0.15, -0.1) is 0 Å². The standard InChI is InChI=1S/C22H26F3N5O5S/c1-10(2)16(29-20-26-9-12(21(3,4)32)17(30-20)22(23,24)25)18-27-13-7-11(19(31)35-5)15(36(6,33)34)8-14(13)28-18/h7-10,16,32H,1-6H3,(H,27,28)(H,26,29,30)/t16-/m1/s1. The fourth-order valence-electron chi connectivity index (χ4n) is 3.59. The largest absolute Gasteiger partial charge is 0.465 e. The van der Waals surface area contributed by atoms with Crippen molar-refractivity contribution in [2.24, 2.45) is 5.92 Å². The summed E-state index contributed by atoms with van der Waals surface area (Å²) in [5, 5.41) is 13.0. The van der Waals surface area contributed by atoms with E-state index in [-0.39, 0.29) is 33.7 Å². The van der Waals surface area contributed by atoms with E-state index in [1.54, 1.807) is 13.8 Å². The van der Waals surface area contributed by atoms with E-state index in [0.29, 0.717) is 5.52 Å². The molecule has 1 aromatic carbocycles. The third-order valence-corrected chi connectivity index (χ3v) is 6.51. The topological polar surface area (TPSA) is 147 Å². The average molecular weight is 530 g/mol. The highest BCUT2D eigenvalue weighted by Gasteiger charge is 2.40. The van der Waals surface area contributed by atoms with Gasteiger partial charge in [0.15, 0.2) is 15.5 Å². The number of alkyl halides is 3. The molecular formula is C22H26F3N5O5S. The van der Waals surface area contributed by atoms with Crippen LogP contribution in [-0.2, 0) is 26.4 Å². The van der Waals surface area contributed by atoms with Gasteiger partial charge in [0, 0.05) is 18.0 Å². The molecule has 0 spiro atoms. The van der Waals surface area contributed by atoms with Gasteiger partial charge < -0.3 is 20.1 Å². The predicted octanol–water partition coefficient (Wildman–Crippen LogP) is 3.60. The van der Waals surface area contributed by atoms with Crippen LogP contribution in [0.2, 0.25) is 0 Å². The number of aliphatic hydroxyl groups is 1. The second-order valence-electron chi connectivity index (χ2n) is 9.13. The fourth-order valence-corrected chi connectivity index (χ4v) is 4.46. The van der Waals surface area contributed by atoms with Crippen LogP contribution in [0.5, 0.6) is 0 Å². The van der Waals surface area contributed by atoms with E-state index >= 15 is 0 Å². The second kappa shape index (κ2) is 9.32. The molecule has 1 atom stereocenters. The van der Waals surface area contributed by atoms with Gasteiger partial charge in [0.25, 0.3) is 0 Å². The minimum atomic E-state index is -4.84. The van der Waals surface area contributed by atoms with Crippen molar-refractivity contribution in [3.63, 3.8) is 0 Å². The van der Waals surface area contributed by atoms with E-state index in [1.165, 1.54) is 26.0 Å². The number of aromatic nitrogens is 4. The summed E-state index contributed by atoms with van der Waals surface area (Å²) in [4.78, 5) is 26.9. The molecule has 10 nitrogen and oxygen atoms in total. The number of fused-ring (bicyclic) bond motifs is 1. The molecule has 0 aliphatic heterocycles. The number of halogens is 3. The second-order valence-corrected chi connectivity index (χ2v) is 11.1. The molecule has 0 aliphatic rings. The van der Waals surface area contributed by atoms with Gasteiger partial charge in [-0.25, -0.2) is 28.2 Å². The molecule has 0 amide bonds. The number of carbonyl (C=O) groups is 1. The Morgan fingerprint density at radius 1 is 1.19 bits per heavy atom. The molecular weight excluding hydrogens is 503 g/mol. The molecule has 36 heavy (non-hydrogen) atoms. The number of imidazole rings is 1. The van der Waals surface area contributed by atoms with Crippen molar-refractivity contribution in [3.05, 3.63) is 41.0 Å². The van der Waals surface area contributed by atoms with Crippen molar-refractivity contribution in [2.75, 3.05) is 18.7 Å². The molecule has 2 heterocycles. The summed E-state index contributed by atoms with van der Waals surface area (Å²) in [6.45, 7) is 5.96. The summed E-state index contributed by atoms with van der Waals surface area (Å²) in [7, 11) is -2.69. The molecule has 2 aromatic heterocycles. The number of sulfone groups is 1. The van der Waals surface area contributed by atoms with Gasteiger partial charge in [0.05, 0.1) is 40.2 Å². The maximum Gasteiger partial charge on any atom is 0.433 e. The highest BCUT2D eigenvalue weighted by atomic mass is 32.2. The number of hydrogen-bond donors (Lipinski definition) is 3. The predicted molar refractivity (Wildman–Crippen MR) is 124 cm³/mol. The number of benzene rings is 1. The van der Waals surface area contributed by atoms with Crippen LogP contribution in [0.25, 0.3) is 11.0 Å². The number of rotatable bonds is 7. The highest BCUT2D eigenvalue weighted by Crippen LogP contribution is 2.36. The molecule has 0 radical (unpaired) electrons. The number of carbonyl (C=O) groups excluding carboxylic acids is 1. The molecule has 3 rings (SSSR count). The summed E-state index contributed by atoms with van der Waals surface area (Å²) in [5.41, 5.74) is -3.23. The highest BCUT2D eigenvalue weighted by molar-refractivity contribution is 7.90. The van der Waals surface area contributed by atoms with Crippen LogP contribution in [-0.4, -0.2) is 52.8 Å². The number of esters is 1. The Labute approximate surface area is 205 Å². The minimum absolute atomic E-state index is 0.194. The molecule has 0 saturated carbocycles. The van der Waals surface area contributed by atoms with Crippen molar-refractivity contribution < 1.29 is 36.2 Å². The third kappa shape index (κ3) is 5.59. The Morgan fingerprint density at radius 3 is 2.33 bits per heavy atom.